The zero-order chi connectivity index (χ0) is 14.1. The van der Waals surface area contributed by atoms with Gasteiger partial charge in [-0.2, -0.15) is 0 Å². The quantitative estimate of drug-likeness (QED) is 0.880. The van der Waals surface area contributed by atoms with Crippen molar-refractivity contribution in [3.05, 3.63) is 35.4 Å². The van der Waals surface area contributed by atoms with Gasteiger partial charge in [0, 0.05) is 18.6 Å². The van der Waals surface area contributed by atoms with E-state index in [2.05, 4.69) is 32.9 Å². The van der Waals surface area contributed by atoms with Gasteiger partial charge < -0.3 is 15.6 Å². The highest BCUT2D eigenvalue weighted by molar-refractivity contribution is 5.29. The van der Waals surface area contributed by atoms with Crippen molar-refractivity contribution < 1.29 is 9.84 Å². The Balaban J connectivity index is 2.22. The number of ether oxygens (including phenoxy) is 1. The number of nitrogens with two attached hydrogens (primary N) is 1. The van der Waals surface area contributed by atoms with Crippen LogP contribution < -0.4 is 5.73 Å². The number of rotatable bonds is 3. The highest BCUT2D eigenvalue weighted by atomic mass is 16.5. The maximum absolute atomic E-state index is 10.6. The molecule has 19 heavy (non-hydrogen) atoms. The second kappa shape index (κ2) is 5.23. The van der Waals surface area contributed by atoms with Crippen LogP contribution in [0.15, 0.2) is 24.3 Å². The van der Waals surface area contributed by atoms with Crippen LogP contribution in [0.25, 0.3) is 0 Å². The molecule has 1 aliphatic rings. The fourth-order valence-corrected chi connectivity index (χ4v) is 2.63. The molecule has 0 radical (unpaired) electrons. The summed E-state index contributed by atoms with van der Waals surface area (Å²) in [5.74, 6) is 0. The fourth-order valence-electron chi connectivity index (χ4n) is 2.63. The molecule has 0 saturated carbocycles. The van der Waals surface area contributed by atoms with Crippen molar-refractivity contribution in [1.29, 1.82) is 0 Å². The molecular weight excluding hydrogens is 238 g/mol. The van der Waals surface area contributed by atoms with Gasteiger partial charge >= 0.3 is 0 Å². The van der Waals surface area contributed by atoms with Crippen LogP contribution in [0.3, 0.4) is 0 Å². The predicted molar refractivity (Wildman–Crippen MR) is 77.0 cm³/mol. The number of hydrogen-bond acceptors (Lipinski definition) is 3. The van der Waals surface area contributed by atoms with Crippen molar-refractivity contribution >= 4 is 0 Å². The second-order valence-corrected chi connectivity index (χ2v) is 6.64. The maximum Gasteiger partial charge on any atom is 0.0881 e. The van der Waals surface area contributed by atoms with Crippen molar-refractivity contribution in [2.75, 3.05) is 19.8 Å². The second-order valence-electron chi connectivity index (χ2n) is 6.64. The number of hydrogen-bond donors (Lipinski definition) is 2. The average molecular weight is 263 g/mol. The van der Waals surface area contributed by atoms with E-state index in [0.29, 0.717) is 19.8 Å². The van der Waals surface area contributed by atoms with E-state index in [9.17, 15) is 5.11 Å². The SMILES string of the molecule is CC(C)(C)c1ccc(C(O)C2(CN)CCOC2)cc1. The Morgan fingerprint density at radius 2 is 1.95 bits per heavy atom. The third kappa shape index (κ3) is 2.83. The molecule has 0 bridgehead atoms. The van der Waals surface area contributed by atoms with Crippen LogP contribution in [0, 0.1) is 5.41 Å². The first-order valence-electron chi connectivity index (χ1n) is 6.95. The van der Waals surface area contributed by atoms with Gasteiger partial charge in [-0.1, -0.05) is 45.0 Å². The summed E-state index contributed by atoms with van der Waals surface area (Å²) in [7, 11) is 0. The van der Waals surface area contributed by atoms with Crippen LogP contribution in [-0.4, -0.2) is 24.9 Å². The molecule has 2 rings (SSSR count). The normalized spacial score (nSPS) is 25.5. The summed E-state index contributed by atoms with van der Waals surface area (Å²) in [6.45, 7) is 8.25. The zero-order valence-corrected chi connectivity index (χ0v) is 12.1. The molecule has 0 aliphatic carbocycles. The smallest absolute Gasteiger partial charge is 0.0881 e. The van der Waals surface area contributed by atoms with E-state index in [0.717, 1.165) is 12.0 Å². The molecule has 1 saturated heterocycles. The van der Waals surface area contributed by atoms with Crippen molar-refractivity contribution in [3.63, 3.8) is 0 Å². The van der Waals surface area contributed by atoms with Gasteiger partial charge in [-0.3, -0.25) is 0 Å². The van der Waals surface area contributed by atoms with Crippen molar-refractivity contribution in [3.8, 4) is 0 Å². The zero-order valence-electron chi connectivity index (χ0n) is 12.1. The van der Waals surface area contributed by atoms with Crippen LogP contribution in [0.2, 0.25) is 0 Å². The Hall–Kier alpha value is -0.900. The largest absolute Gasteiger partial charge is 0.388 e. The molecule has 3 heteroatoms. The van der Waals surface area contributed by atoms with Gasteiger partial charge in [0.05, 0.1) is 12.7 Å². The molecule has 3 N–H and O–H groups in total. The lowest BCUT2D eigenvalue weighted by molar-refractivity contribution is 0.0190. The van der Waals surface area contributed by atoms with E-state index in [1.807, 2.05) is 12.1 Å². The van der Waals surface area contributed by atoms with Crippen molar-refractivity contribution in [2.24, 2.45) is 11.1 Å². The predicted octanol–water partition coefficient (Wildman–Crippen LogP) is 2.38. The third-order valence-corrected chi connectivity index (χ3v) is 4.21. The minimum atomic E-state index is -0.547. The Bertz CT molecular complexity index is 413. The maximum atomic E-state index is 10.6. The Labute approximate surface area is 115 Å². The average Bonchev–Trinajstić information content (AvgIpc) is 2.87. The van der Waals surface area contributed by atoms with Gasteiger partial charge in [0.2, 0.25) is 0 Å². The van der Waals surface area contributed by atoms with E-state index in [1.54, 1.807) is 0 Å². The van der Waals surface area contributed by atoms with Gasteiger partial charge in [0.1, 0.15) is 0 Å². The van der Waals surface area contributed by atoms with Gasteiger partial charge in [-0.25, -0.2) is 0 Å². The van der Waals surface area contributed by atoms with Gasteiger partial charge in [0.25, 0.3) is 0 Å². The molecule has 1 fully saturated rings. The Morgan fingerprint density at radius 1 is 1.32 bits per heavy atom. The lowest BCUT2D eigenvalue weighted by Crippen LogP contribution is -2.37. The molecule has 1 aliphatic heterocycles. The molecule has 1 heterocycles. The van der Waals surface area contributed by atoms with Gasteiger partial charge in [-0.05, 0) is 23.0 Å². The van der Waals surface area contributed by atoms with Crippen molar-refractivity contribution in [2.45, 2.75) is 38.7 Å². The Kier molecular flexibility index (Phi) is 4.00. The molecule has 1 aromatic rings. The molecule has 106 valence electrons. The highest BCUT2D eigenvalue weighted by Gasteiger charge is 2.41. The van der Waals surface area contributed by atoms with Crippen LogP contribution in [0.5, 0.6) is 0 Å². The monoisotopic (exact) mass is 263 g/mol. The van der Waals surface area contributed by atoms with E-state index in [-0.39, 0.29) is 10.8 Å². The Morgan fingerprint density at radius 3 is 2.37 bits per heavy atom. The van der Waals surface area contributed by atoms with Crippen LogP contribution in [0.1, 0.15) is 44.4 Å². The van der Waals surface area contributed by atoms with Crippen LogP contribution in [-0.2, 0) is 10.2 Å². The molecule has 2 atom stereocenters. The molecule has 2 unspecified atom stereocenters. The summed E-state index contributed by atoms with van der Waals surface area (Å²) < 4.78 is 5.43. The van der Waals surface area contributed by atoms with Crippen LogP contribution in [0.4, 0.5) is 0 Å². The lowest BCUT2D eigenvalue weighted by atomic mass is 9.77. The van der Waals surface area contributed by atoms with Crippen LogP contribution >= 0.6 is 0 Å². The summed E-state index contributed by atoms with van der Waals surface area (Å²) in [6, 6.07) is 8.22. The van der Waals surface area contributed by atoms with Gasteiger partial charge in [0.15, 0.2) is 0 Å². The fraction of sp³-hybridized carbons (Fsp3) is 0.625. The van der Waals surface area contributed by atoms with E-state index < -0.39 is 6.10 Å². The summed E-state index contributed by atoms with van der Waals surface area (Å²) in [5.41, 5.74) is 7.89. The summed E-state index contributed by atoms with van der Waals surface area (Å²) in [6.07, 6.45) is 0.278. The summed E-state index contributed by atoms with van der Waals surface area (Å²) in [5, 5.41) is 10.6. The standard InChI is InChI=1S/C16H25NO2/c1-15(2,3)13-6-4-12(5-7-13)14(18)16(10-17)8-9-19-11-16/h4-7,14,18H,8-11,17H2,1-3H3. The summed E-state index contributed by atoms with van der Waals surface area (Å²) >= 11 is 0. The molecule has 0 amide bonds. The number of aliphatic hydroxyl groups is 1. The number of benzene rings is 1. The first-order chi connectivity index (χ1) is 8.89. The minimum absolute atomic E-state index is 0.130. The minimum Gasteiger partial charge on any atom is -0.388 e. The molecule has 0 spiro atoms. The molecule has 0 aromatic heterocycles. The molecule has 3 nitrogen and oxygen atoms in total. The molecule has 1 aromatic carbocycles. The third-order valence-electron chi connectivity index (χ3n) is 4.21. The summed E-state index contributed by atoms with van der Waals surface area (Å²) in [4.78, 5) is 0. The topological polar surface area (TPSA) is 55.5 Å². The van der Waals surface area contributed by atoms with E-state index in [1.165, 1.54) is 5.56 Å². The first-order valence-corrected chi connectivity index (χ1v) is 6.95. The highest BCUT2D eigenvalue weighted by Crippen LogP contribution is 2.40. The first kappa shape index (κ1) is 14.5. The van der Waals surface area contributed by atoms with E-state index >= 15 is 0 Å². The molecular formula is C16H25NO2. The van der Waals surface area contributed by atoms with E-state index in [4.69, 9.17) is 10.5 Å². The number of aliphatic hydroxyl groups excluding tert-OH is 1. The lowest BCUT2D eigenvalue weighted by Gasteiger charge is -2.32. The van der Waals surface area contributed by atoms with Gasteiger partial charge in [-0.15, -0.1) is 0 Å². The van der Waals surface area contributed by atoms with Crippen molar-refractivity contribution in [1.82, 2.24) is 0 Å².